The zero-order valence-corrected chi connectivity index (χ0v) is 14.1. The number of allylic oxidation sites excluding steroid dienone is 4. The summed E-state index contributed by atoms with van der Waals surface area (Å²) in [6.45, 7) is 2.63. The molecule has 0 spiro atoms. The molecule has 0 aliphatic heterocycles. The molecule has 0 unspecified atom stereocenters. The molecule has 22 heavy (non-hydrogen) atoms. The smallest absolute Gasteiger partial charge is 0.329 e. The highest BCUT2D eigenvalue weighted by Crippen LogP contribution is 2.30. The second kappa shape index (κ2) is 12.5. The number of carboxylic acids is 1. The van der Waals surface area contributed by atoms with Crippen molar-refractivity contribution in [2.75, 3.05) is 13.2 Å². The average molecular weight is 308 g/mol. The van der Waals surface area contributed by atoms with Crippen molar-refractivity contribution in [3.63, 3.8) is 0 Å². The van der Waals surface area contributed by atoms with Gasteiger partial charge in [0.05, 0.1) is 0 Å². The summed E-state index contributed by atoms with van der Waals surface area (Å²) < 4.78 is 5.07. The summed E-state index contributed by atoms with van der Waals surface area (Å²) in [5, 5.41) is 8.49. The number of ether oxygens (including phenoxy) is 1. The van der Waals surface area contributed by atoms with Crippen LogP contribution in [0.3, 0.4) is 0 Å². The average Bonchev–Trinajstić information content (AvgIpc) is 2.93. The van der Waals surface area contributed by atoms with E-state index < -0.39 is 5.97 Å². The van der Waals surface area contributed by atoms with Crippen LogP contribution in [0.1, 0.15) is 71.1 Å². The Balaban J connectivity index is 2.09. The normalized spacial score (nSPS) is 18.0. The van der Waals surface area contributed by atoms with Crippen LogP contribution in [0.25, 0.3) is 0 Å². The van der Waals surface area contributed by atoms with Gasteiger partial charge in [-0.2, -0.15) is 0 Å². The van der Waals surface area contributed by atoms with Crippen molar-refractivity contribution in [1.82, 2.24) is 0 Å². The third kappa shape index (κ3) is 9.04. The minimum atomic E-state index is -0.886. The minimum Gasteiger partial charge on any atom is -0.480 e. The predicted molar refractivity (Wildman–Crippen MR) is 91.0 cm³/mol. The van der Waals surface area contributed by atoms with Crippen LogP contribution in [0.4, 0.5) is 0 Å². The Hall–Kier alpha value is -1.09. The Morgan fingerprint density at radius 3 is 2.95 bits per heavy atom. The van der Waals surface area contributed by atoms with Gasteiger partial charge in [0.15, 0.2) is 0 Å². The molecule has 126 valence electrons. The number of carbonyl (C=O) groups is 1. The van der Waals surface area contributed by atoms with Crippen molar-refractivity contribution in [1.29, 1.82) is 0 Å². The molecule has 0 amide bonds. The van der Waals surface area contributed by atoms with Gasteiger partial charge in [-0.3, -0.25) is 0 Å². The summed E-state index contributed by atoms with van der Waals surface area (Å²) in [5.74, 6) is -0.242. The lowest BCUT2D eigenvalue weighted by Gasteiger charge is -2.10. The molecule has 1 atom stereocenters. The van der Waals surface area contributed by atoms with Crippen molar-refractivity contribution >= 4 is 5.97 Å². The molecule has 0 bridgehead atoms. The summed E-state index contributed by atoms with van der Waals surface area (Å²) in [4.78, 5) is 10.3. The number of carboxylic acid groups (broad SMARTS) is 1. The van der Waals surface area contributed by atoms with Crippen LogP contribution in [-0.2, 0) is 9.53 Å². The largest absolute Gasteiger partial charge is 0.480 e. The molecule has 0 radical (unpaired) electrons. The van der Waals surface area contributed by atoms with E-state index in [-0.39, 0.29) is 6.61 Å². The van der Waals surface area contributed by atoms with E-state index in [4.69, 9.17) is 9.84 Å². The zero-order chi connectivity index (χ0) is 16.0. The van der Waals surface area contributed by atoms with Gasteiger partial charge in [0.1, 0.15) is 6.61 Å². The van der Waals surface area contributed by atoms with Crippen LogP contribution in [0.2, 0.25) is 0 Å². The van der Waals surface area contributed by atoms with Crippen LogP contribution in [0.15, 0.2) is 23.8 Å². The maximum Gasteiger partial charge on any atom is 0.329 e. The van der Waals surface area contributed by atoms with Crippen molar-refractivity contribution in [3.05, 3.63) is 23.8 Å². The number of hydrogen-bond acceptors (Lipinski definition) is 2. The summed E-state index contributed by atoms with van der Waals surface area (Å²) in [5.41, 5.74) is 1.57. The van der Waals surface area contributed by atoms with E-state index in [1.165, 1.54) is 44.9 Å². The van der Waals surface area contributed by atoms with Gasteiger partial charge < -0.3 is 9.84 Å². The Kier molecular flexibility index (Phi) is 10.7. The number of rotatable bonds is 13. The molecular formula is C19H32O3. The first-order valence-corrected chi connectivity index (χ1v) is 8.89. The molecule has 1 rings (SSSR count). The van der Waals surface area contributed by atoms with Crippen molar-refractivity contribution in [3.8, 4) is 0 Å². The topological polar surface area (TPSA) is 46.5 Å². The lowest BCUT2D eigenvalue weighted by Crippen LogP contribution is -2.07. The van der Waals surface area contributed by atoms with Crippen molar-refractivity contribution < 1.29 is 14.6 Å². The van der Waals surface area contributed by atoms with Gasteiger partial charge in [-0.1, -0.05) is 50.0 Å². The van der Waals surface area contributed by atoms with Crippen LogP contribution >= 0.6 is 0 Å². The SMILES string of the molecule is CCCCCCC=C[C@H]1CCC=C1CCCCOCC(=O)O. The summed E-state index contributed by atoms with van der Waals surface area (Å²) >= 11 is 0. The van der Waals surface area contributed by atoms with Gasteiger partial charge in [0.25, 0.3) is 0 Å². The second-order valence-electron chi connectivity index (χ2n) is 6.14. The highest BCUT2D eigenvalue weighted by molar-refractivity contribution is 5.67. The van der Waals surface area contributed by atoms with Gasteiger partial charge in [-0.25, -0.2) is 4.79 Å². The molecule has 3 nitrogen and oxygen atoms in total. The van der Waals surface area contributed by atoms with Gasteiger partial charge >= 0.3 is 5.97 Å². The lowest BCUT2D eigenvalue weighted by molar-refractivity contribution is -0.142. The molecular weight excluding hydrogens is 276 g/mol. The van der Waals surface area contributed by atoms with Gasteiger partial charge in [0, 0.05) is 6.61 Å². The quantitative estimate of drug-likeness (QED) is 0.379. The van der Waals surface area contributed by atoms with Gasteiger partial charge in [-0.05, 0) is 50.9 Å². The maximum atomic E-state index is 10.3. The maximum absolute atomic E-state index is 10.3. The zero-order valence-electron chi connectivity index (χ0n) is 14.1. The van der Waals surface area contributed by atoms with E-state index in [2.05, 4.69) is 25.2 Å². The Morgan fingerprint density at radius 1 is 1.32 bits per heavy atom. The molecule has 0 saturated heterocycles. The van der Waals surface area contributed by atoms with E-state index in [9.17, 15) is 4.79 Å². The molecule has 1 aliphatic carbocycles. The van der Waals surface area contributed by atoms with Gasteiger partial charge in [-0.15, -0.1) is 0 Å². The Morgan fingerprint density at radius 2 is 2.18 bits per heavy atom. The third-order valence-corrected chi connectivity index (χ3v) is 4.18. The van der Waals surface area contributed by atoms with E-state index in [1.807, 2.05) is 0 Å². The fourth-order valence-corrected chi connectivity index (χ4v) is 2.93. The van der Waals surface area contributed by atoms with E-state index >= 15 is 0 Å². The van der Waals surface area contributed by atoms with E-state index in [1.54, 1.807) is 5.57 Å². The standard InChI is InChI=1S/C19H32O3/c1-2-3-4-5-6-7-11-17-13-10-14-18(17)12-8-9-15-22-16-19(20)21/h7,11,14,17H,2-6,8-10,12-13,15-16H2,1H3,(H,20,21)/t17-/m0/s1. The van der Waals surface area contributed by atoms with Crippen molar-refractivity contribution in [2.45, 2.75) is 71.1 Å². The van der Waals surface area contributed by atoms with Gasteiger partial charge in [0.2, 0.25) is 0 Å². The van der Waals surface area contributed by atoms with E-state index in [0.29, 0.717) is 12.5 Å². The number of aliphatic carboxylic acids is 1. The third-order valence-electron chi connectivity index (χ3n) is 4.18. The Labute approximate surface area is 135 Å². The molecule has 0 saturated carbocycles. The summed E-state index contributed by atoms with van der Waals surface area (Å²) in [7, 11) is 0. The first kappa shape index (κ1) is 19.0. The molecule has 1 N–H and O–H groups in total. The Bertz CT molecular complexity index is 358. The second-order valence-corrected chi connectivity index (χ2v) is 6.14. The highest BCUT2D eigenvalue weighted by Gasteiger charge is 2.15. The number of unbranched alkanes of at least 4 members (excludes halogenated alkanes) is 5. The molecule has 1 aliphatic rings. The van der Waals surface area contributed by atoms with Crippen LogP contribution in [-0.4, -0.2) is 24.3 Å². The lowest BCUT2D eigenvalue weighted by atomic mass is 9.96. The summed E-state index contributed by atoms with van der Waals surface area (Å²) in [6.07, 6.45) is 19.3. The predicted octanol–water partition coefficient (Wildman–Crippen LogP) is 5.12. The van der Waals surface area contributed by atoms with Crippen LogP contribution in [0, 0.1) is 5.92 Å². The highest BCUT2D eigenvalue weighted by atomic mass is 16.5. The molecule has 0 heterocycles. The number of hydrogen-bond donors (Lipinski definition) is 1. The molecule has 0 aromatic rings. The fourth-order valence-electron chi connectivity index (χ4n) is 2.93. The first-order valence-electron chi connectivity index (χ1n) is 8.89. The molecule has 0 aromatic heterocycles. The molecule has 0 fully saturated rings. The van der Waals surface area contributed by atoms with E-state index in [0.717, 1.165) is 19.3 Å². The molecule has 0 aromatic carbocycles. The minimum absolute atomic E-state index is 0.175. The van der Waals surface area contributed by atoms with Crippen LogP contribution < -0.4 is 0 Å². The monoisotopic (exact) mass is 308 g/mol. The van der Waals surface area contributed by atoms with Crippen LogP contribution in [0.5, 0.6) is 0 Å². The molecule has 3 heteroatoms. The van der Waals surface area contributed by atoms with Crippen molar-refractivity contribution in [2.24, 2.45) is 5.92 Å². The summed E-state index contributed by atoms with van der Waals surface area (Å²) in [6, 6.07) is 0. The first-order chi connectivity index (χ1) is 10.7. The fraction of sp³-hybridized carbons (Fsp3) is 0.737.